The minimum Gasteiger partial charge on any atom is -0.490 e. The highest BCUT2D eigenvalue weighted by atomic mass is 32.2. The van der Waals surface area contributed by atoms with E-state index < -0.39 is 20.7 Å². The maximum Gasteiger partial charge on any atom is 0.266 e. The van der Waals surface area contributed by atoms with Crippen molar-refractivity contribution >= 4 is 21.5 Å². The number of hydrogen-bond donors (Lipinski definition) is 1. The first-order valence-electron chi connectivity index (χ1n) is 10.4. The third-order valence-corrected chi connectivity index (χ3v) is 6.54. The van der Waals surface area contributed by atoms with Gasteiger partial charge < -0.3 is 18.9 Å². The zero-order valence-electron chi connectivity index (χ0n) is 18.5. The average molecular weight is 477 g/mol. The van der Waals surface area contributed by atoms with E-state index in [4.69, 9.17) is 9.47 Å². The summed E-state index contributed by atoms with van der Waals surface area (Å²) in [6.07, 6.45) is 1.58. The van der Waals surface area contributed by atoms with E-state index in [0.717, 1.165) is 0 Å². The molecule has 1 aliphatic heterocycles. The summed E-state index contributed by atoms with van der Waals surface area (Å²) < 4.78 is 55.8. The molecule has 0 saturated heterocycles. The highest BCUT2D eigenvalue weighted by molar-refractivity contribution is 7.92. The molecule has 0 radical (unpaired) electrons. The first-order valence-corrected chi connectivity index (χ1v) is 11.9. The summed E-state index contributed by atoms with van der Waals surface area (Å²) in [4.78, 5) is 5.72. The van der Waals surface area contributed by atoms with Crippen molar-refractivity contribution in [2.24, 2.45) is 0 Å². The quantitative estimate of drug-likeness (QED) is 0.528. The first-order chi connectivity index (χ1) is 15.8. The fourth-order valence-corrected chi connectivity index (χ4v) is 4.60. The fraction of sp³-hybridized carbons (Fsp3) is 0.381. The van der Waals surface area contributed by atoms with Crippen molar-refractivity contribution in [3.05, 3.63) is 42.5 Å². The van der Waals surface area contributed by atoms with Gasteiger partial charge in [-0.3, -0.25) is 4.72 Å². The number of rotatable bonds is 8. The summed E-state index contributed by atoms with van der Waals surface area (Å²) in [6.45, 7) is 5.84. The van der Waals surface area contributed by atoms with Crippen LogP contribution in [0, 0.1) is 5.82 Å². The number of fused-ring (bicyclic) bond motifs is 1. The molecule has 12 heteroatoms. The number of hydrogen-bond acceptors (Lipinski definition) is 8. The van der Waals surface area contributed by atoms with Crippen molar-refractivity contribution in [2.75, 3.05) is 43.0 Å². The Labute approximate surface area is 191 Å². The SMILES string of the molecule is COCCN1CCOc2cc(S(=O)(=O)Nc3cccc(-c4nncn4C(C)C)n3)c(F)cc21. The summed E-state index contributed by atoms with van der Waals surface area (Å²) >= 11 is 0. The molecule has 3 aromatic rings. The van der Waals surface area contributed by atoms with Crippen LogP contribution in [-0.4, -0.2) is 61.6 Å². The Morgan fingerprint density at radius 3 is 2.88 bits per heavy atom. The largest absolute Gasteiger partial charge is 0.490 e. The molecule has 10 nitrogen and oxygen atoms in total. The Kier molecular flexibility index (Phi) is 6.47. The predicted octanol–water partition coefficient (Wildman–Crippen LogP) is 2.71. The molecule has 0 unspecified atom stereocenters. The van der Waals surface area contributed by atoms with Crippen molar-refractivity contribution in [3.63, 3.8) is 0 Å². The standard InChI is InChI=1S/C21H25FN6O4S/c1-14(2)28-13-23-25-21(28)16-5-4-6-20(24-16)26-33(29,30)19-12-18-17(11-15(19)22)27(7-9-31-3)8-10-32-18/h4-6,11-14H,7-10H2,1-3H3,(H,24,26). The van der Waals surface area contributed by atoms with Gasteiger partial charge in [0.1, 0.15) is 40.9 Å². The third kappa shape index (κ3) is 4.76. The third-order valence-electron chi connectivity index (χ3n) is 5.17. The molecule has 0 atom stereocenters. The number of nitrogens with one attached hydrogen (secondary N) is 1. The molecule has 1 aliphatic rings. The van der Waals surface area contributed by atoms with Crippen LogP contribution in [-0.2, 0) is 14.8 Å². The minimum atomic E-state index is -4.28. The van der Waals surface area contributed by atoms with Gasteiger partial charge in [0, 0.05) is 31.8 Å². The zero-order chi connectivity index (χ0) is 23.6. The van der Waals surface area contributed by atoms with Crippen LogP contribution in [0.25, 0.3) is 11.5 Å². The van der Waals surface area contributed by atoms with Crippen molar-refractivity contribution in [3.8, 4) is 17.3 Å². The molecule has 2 aromatic heterocycles. The lowest BCUT2D eigenvalue weighted by molar-refractivity contribution is 0.201. The Bertz CT molecular complexity index is 1250. The van der Waals surface area contributed by atoms with Crippen LogP contribution < -0.4 is 14.4 Å². The molecule has 0 bridgehead atoms. The van der Waals surface area contributed by atoms with E-state index in [1.807, 2.05) is 23.3 Å². The number of halogens is 1. The van der Waals surface area contributed by atoms with Gasteiger partial charge in [-0.25, -0.2) is 17.8 Å². The second kappa shape index (κ2) is 9.32. The number of sulfonamides is 1. The Morgan fingerprint density at radius 1 is 1.30 bits per heavy atom. The van der Waals surface area contributed by atoms with Crippen molar-refractivity contribution in [2.45, 2.75) is 24.8 Å². The Hall–Kier alpha value is -3.25. The summed E-state index contributed by atoms with van der Waals surface area (Å²) in [5, 5.41) is 7.98. The average Bonchev–Trinajstić information content (AvgIpc) is 3.27. The van der Waals surface area contributed by atoms with Gasteiger partial charge in [0.05, 0.1) is 18.8 Å². The molecule has 0 fully saturated rings. The molecule has 33 heavy (non-hydrogen) atoms. The van der Waals surface area contributed by atoms with Crippen LogP contribution in [0.3, 0.4) is 0 Å². The van der Waals surface area contributed by atoms with E-state index in [-0.39, 0.29) is 11.9 Å². The number of benzene rings is 1. The molecule has 0 saturated carbocycles. The van der Waals surface area contributed by atoms with E-state index in [2.05, 4.69) is 19.9 Å². The topological polar surface area (TPSA) is 111 Å². The highest BCUT2D eigenvalue weighted by Gasteiger charge is 2.27. The van der Waals surface area contributed by atoms with Crippen LogP contribution in [0.4, 0.5) is 15.9 Å². The number of ether oxygens (including phenoxy) is 2. The summed E-state index contributed by atoms with van der Waals surface area (Å²) in [7, 11) is -2.70. The van der Waals surface area contributed by atoms with Gasteiger partial charge in [-0.15, -0.1) is 10.2 Å². The first kappa shape index (κ1) is 22.9. The lowest BCUT2D eigenvalue weighted by Gasteiger charge is -2.31. The molecule has 1 aromatic carbocycles. The lowest BCUT2D eigenvalue weighted by Crippen LogP contribution is -2.35. The van der Waals surface area contributed by atoms with E-state index in [0.29, 0.717) is 49.3 Å². The molecular formula is C21H25FN6O4S. The second-order valence-electron chi connectivity index (χ2n) is 7.75. The van der Waals surface area contributed by atoms with Gasteiger partial charge in [0.25, 0.3) is 10.0 Å². The number of aromatic nitrogens is 4. The van der Waals surface area contributed by atoms with Crippen LogP contribution in [0.15, 0.2) is 41.6 Å². The van der Waals surface area contributed by atoms with Gasteiger partial charge >= 0.3 is 0 Å². The fourth-order valence-electron chi connectivity index (χ4n) is 3.53. The maximum absolute atomic E-state index is 14.9. The molecule has 176 valence electrons. The van der Waals surface area contributed by atoms with Crippen molar-refractivity contribution in [1.82, 2.24) is 19.7 Å². The smallest absolute Gasteiger partial charge is 0.266 e. The maximum atomic E-state index is 14.9. The van der Waals surface area contributed by atoms with Crippen LogP contribution in [0.1, 0.15) is 19.9 Å². The summed E-state index contributed by atoms with van der Waals surface area (Å²) in [5.41, 5.74) is 0.923. The lowest BCUT2D eigenvalue weighted by atomic mass is 10.2. The highest BCUT2D eigenvalue weighted by Crippen LogP contribution is 2.36. The van der Waals surface area contributed by atoms with Crippen LogP contribution >= 0.6 is 0 Å². The Balaban J connectivity index is 1.63. The van der Waals surface area contributed by atoms with Gasteiger partial charge in [0.2, 0.25) is 0 Å². The zero-order valence-corrected chi connectivity index (χ0v) is 19.3. The predicted molar refractivity (Wildman–Crippen MR) is 120 cm³/mol. The normalized spacial score (nSPS) is 13.7. The van der Waals surface area contributed by atoms with E-state index >= 15 is 0 Å². The van der Waals surface area contributed by atoms with E-state index in [9.17, 15) is 12.8 Å². The van der Waals surface area contributed by atoms with E-state index in [1.54, 1.807) is 25.6 Å². The molecule has 1 N–H and O–H groups in total. The molecule has 3 heterocycles. The van der Waals surface area contributed by atoms with Crippen molar-refractivity contribution in [1.29, 1.82) is 0 Å². The molecule has 0 amide bonds. The number of nitrogens with zero attached hydrogens (tertiary/aromatic N) is 5. The van der Waals surface area contributed by atoms with Gasteiger partial charge in [-0.1, -0.05) is 6.07 Å². The number of pyridine rings is 1. The number of anilines is 2. The number of methoxy groups -OCH3 is 1. The molecule has 0 spiro atoms. The monoisotopic (exact) mass is 476 g/mol. The van der Waals surface area contributed by atoms with Gasteiger partial charge in [0.15, 0.2) is 5.82 Å². The van der Waals surface area contributed by atoms with Crippen LogP contribution in [0.2, 0.25) is 0 Å². The Morgan fingerprint density at radius 2 is 2.12 bits per heavy atom. The minimum absolute atomic E-state index is 0.0329. The van der Waals surface area contributed by atoms with Gasteiger partial charge in [-0.05, 0) is 26.0 Å². The molecule has 0 aliphatic carbocycles. The molecule has 4 rings (SSSR count). The van der Waals surface area contributed by atoms with Crippen molar-refractivity contribution < 1.29 is 22.3 Å². The second-order valence-corrected chi connectivity index (χ2v) is 9.40. The van der Waals surface area contributed by atoms with Gasteiger partial charge in [-0.2, -0.15) is 0 Å². The van der Waals surface area contributed by atoms with E-state index in [1.165, 1.54) is 18.2 Å². The summed E-state index contributed by atoms with van der Waals surface area (Å²) in [6, 6.07) is 7.28. The van der Waals surface area contributed by atoms with Crippen LogP contribution in [0.5, 0.6) is 5.75 Å². The summed E-state index contributed by atoms with van der Waals surface area (Å²) in [5.74, 6) is -0.0585. The molecular weight excluding hydrogens is 451 g/mol.